The average Bonchev–Trinajstić information content (AvgIpc) is 3.62. The second-order valence-electron chi connectivity index (χ2n) is 11.2. The highest BCUT2D eigenvalue weighted by atomic mass is 16.3. The molecule has 2 saturated heterocycles. The molecule has 10 nitrogen and oxygen atoms in total. The second kappa shape index (κ2) is 13.6. The number of aromatic nitrogens is 1. The number of carbonyl (C=O) groups is 4. The molecule has 0 unspecified atom stereocenters. The van der Waals surface area contributed by atoms with Crippen molar-refractivity contribution in [2.75, 3.05) is 6.54 Å². The fraction of sp³-hybridized carbons (Fsp3) is 0.294. The largest absolute Gasteiger partial charge is 0.391 e. The number of aliphatic hydroxyl groups is 1. The Labute approximate surface area is 256 Å². The minimum absolute atomic E-state index is 0.0231. The molecule has 44 heavy (non-hydrogen) atoms. The molecule has 5 atom stereocenters. The molecule has 0 aliphatic carbocycles. The minimum atomic E-state index is -1.09. The Balaban J connectivity index is 1.53. The van der Waals surface area contributed by atoms with Crippen molar-refractivity contribution in [1.82, 2.24) is 25.8 Å². The molecule has 0 radical (unpaired) electrons. The Bertz CT molecular complexity index is 1540. The number of aliphatic hydroxyl groups excluding tert-OH is 1. The van der Waals surface area contributed by atoms with Crippen molar-refractivity contribution >= 4 is 35.8 Å². The second-order valence-corrected chi connectivity index (χ2v) is 11.2. The van der Waals surface area contributed by atoms with Crippen LogP contribution in [0.25, 0.3) is 12.2 Å². The zero-order valence-electron chi connectivity index (χ0n) is 24.4. The molecular weight excluding hydrogens is 558 g/mol. The lowest BCUT2D eigenvalue weighted by Gasteiger charge is -2.32. The normalized spacial score (nSPS) is 24.3. The fourth-order valence-electron chi connectivity index (χ4n) is 5.93. The van der Waals surface area contributed by atoms with E-state index < -0.39 is 53.9 Å². The highest BCUT2D eigenvalue weighted by molar-refractivity contribution is 5.98. The molecule has 4 amide bonds. The van der Waals surface area contributed by atoms with E-state index in [1.54, 1.807) is 18.3 Å². The van der Waals surface area contributed by atoms with Crippen LogP contribution in [-0.4, -0.2) is 75.4 Å². The highest BCUT2D eigenvalue weighted by Gasteiger charge is 2.43. The third kappa shape index (κ3) is 6.81. The van der Waals surface area contributed by atoms with E-state index in [0.717, 1.165) is 27.9 Å². The Hall–Kier alpha value is -4.96. The van der Waals surface area contributed by atoms with Gasteiger partial charge in [0, 0.05) is 49.7 Å². The molecule has 2 aliphatic heterocycles. The van der Waals surface area contributed by atoms with Crippen LogP contribution in [0.2, 0.25) is 0 Å². The summed E-state index contributed by atoms with van der Waals surface area (Å²) in [4.78, 5) is 60.0. The molecule has 3 aromatic rings. The first kappa shape index (κ1) is 30.5. The van der Waals surface area contributed by atoms with Gasteiger partial charge in [0.2, 0.25) is 23.6 Å². The predicted molar refractivity (Wildman–Crippen MR) is 167 cm³/mol. The quantitative estimate of drug-likeness (QED) is 0.270. The van der Waals surface area contributed by atoms with Gasteiger partial charge < -0.3 is 30.9 Å². The van der Waals surface area contributed by atoms with Crippen molar-refractivity contribution in [1.29, 1.82) is 0 Å². The Kier molecular flexibility index (Phi) is 9.40. The topological polar surface area (TPSA) is 144 Å². The summed E-state index contributed by atoms with van der Waals surface area (Å²) in [5.74, 6) is -2.11. The lowest BCUT2D eigenvalue weighted by molar-refractivity contribution is -0.143. The molecular formula is C34H37N5O5. The van der Waals surface area contributed by atoms with Crippen LogP contribution >= 0.6 is 0 Å². The number of rotatable bonds is 8. The first-order valence-corrected chi connectivity index (χ1v) is 14.7. The van der Waals surface area contributed by atoms with E-state index in [1.807, 2.05) is 60.7 Å². The van der Waals surface area contributed by atoms with Gasteiger partial charge >= 0.3 is 0 Å². The molecule has 228 valence electrons. The fourth-order valence-corrected chi connectivity index (χ4v) is 5.93. The number of hydrogen-bond donors (Lipinski definition) is 5. The van der Waals surface area contributed by atoms with E-state index in [4.69, 9.17) is 0 Å². The summed E-state index contributed by atoms with van der Waals surface area (Å²) in [7, 11) is 0. The summed E-state index contributed by atoms with van der Waals surface area (Å²) >= 11 is 0. The Morgan fingerprint density at radius 3 is 1.89 bits per heavy atom. The van der Waals surface area contributed by atoms with Gasteiger partial charge in [-0.3, -0.25) is 19.2 Å². The van der Waals surface area contributed by atoms with Crippen LogP contribution < -0.4 is 16.0 Å². The van der Waals surface area contributed by atoms with Crippen LogP contribution in [0.3, 0.4) is 0 Å². The van der Waals surface area contributed by atoms with E-state index in [9.17, 15) is 24.3 Å². The lowest BCUT2D eigenvalue weighted by Crippen LogP contribution is -2.62. The van der Waals surface area contributed by atoms with E-state index in [-0.39, 0.29) is 32.2 Å². The van der Waals surface area contributed by atoms with E-state index >= 15 is 0 Å². The molecule has 5 N–H and O–H groups in total. The maximum Gasteiger partial charge on any atom is 0.246 e. The van der Waals surface area contributed by atoms with E-state index in [1.165, 1.54) is 4.90 Å². The maximum atomic E-state index is 14.0. The highest BCUT2D eigenvalue weighted by Crippen LogP contribution is 2.23. The van der Waals surface area contributed by atoms with Gasteiger partial charge in [0.25, 0.3) is 0 Å². The van der Waals surface area contributed by atoms with Gasteiger partial charge in [-0.25, -0.2) is 0 Å². The summed E-state index contributed by atoms with van der Waals surface area (Å²) in [6.07, 6.45) is 4.53. The van der Waals surface area contributed by atoms with Gasteiger partial charge in [0.1, 0.15) is 24.2 Å². The van der Waals surface area contributed by atoms with Crippen molar-refractivity contribution in [2.45, 2.75) is 56.0 Å². The summed E-state index contributed by atoms with van der Waals surface area (Å²) < 4.78 is 0. The number of fused-ring (bicyclic) bond motifs is 1. The van der Waals surface area contributed by atoms with Gasteiger partial charge in [0.05, 0.1) is 6.10 Å². The summed E-state index contributed by atoms with van der Waals surface area (Å²) in [6, 6.07) is 14.3. The van der Waals surface area contributed by atoms with Crippen LogP contribution in [-0.2, 0) is 38.4 Å². The van der Waals surface area contributed by atoms with Gasteiger partial charge in [-0.05, 0) is 22.8 Å². The number of carbonyl (C=O) groups excluding carboxylic acids is 4. The zero-order chi connectivity index (χ0) is 31.2. The molecule has 2 fully saturated rings. The summed E-state index contributed by atoms with van der Waals surface area (Å²) in [5, 5.41) is 19.1. The Morgan fingerprint density at radius 2 is 1.30 bits per heavy atom. The summed E-state index contributed by atoms with van der Waals surface area (Å²) in [5.41, 5.74) is 3.80. The zero-order valence-corrected chi connectivity index (χ0v) is 24.4. The van der Waals surface area contributed by atoms with E-state index in [2.05, 4.69) is 34.1 Å². The number of amides is 4. The maximum absolute atomic E-state index is 14.0. The number of H-pyrrole nitrogens is 1. The molecule has 0 saturated carbocycles. The van der Waals surface area contributed by atoms with Crippen LogP contribution in [0.1, 0.15) is 34.4 Å². The average molecular weight is 596 g/mol. The van der Waals surface area contributed by atoms with E-state index in [0.29, 0.717) is 0 Å². The van der Waals surface area contributed by atoms with Crippen LogP contribution in [0.4, 0.5) is 0 Å². The molecule has 0 bridgehead atoms. The molecule has 5 rings (SSSR count). The molecule has 0 spiro atoms. The SMILES string of the molecule is C=Cc1[nH]cc(C[C@H]2NC(=O)[C@H](Cc3ccccc3)NC(=O)[C@H]3C[C@H](O)CN3C(=O)[C@H](Cc3ccccc3)NC2=O)c1C=C. The monoisotopic (exact) mass is 595 g/mol. The molecule has 2 aromatic carbocycles. The molecule has 2 aliphatic rings. The van der Waals surface area contributed by atoms with Crippen LogP contribution in [0.15, 0.2) is 80.0 Å². The standard InChI is InChI=1S/C34H37N5O5/c1-3-25-23(19-35-26(25)4-2)17-28-32(42)38-29(16-22-13-9-6-10-14-22)34(44)39-20-24(40)18-30(39)33(43)37-27(31(41)36-28)15-21-11-7-5-8-12-21/h3-14,19,24,27-30,35,40H,1-2,15-18,20H2,(H,36,41)(H,37,43)(H,38,42)/t24-,27-,28+,29-,30+/m0/s1. The molecule has 1 aromatic heterocycles. The van der Waals surface area contributed by atoms with Crippen molar-refractivity contribution in [3.63, 3.8) is 0 Å². The first-order valence-electron chi connectivity index (χ1n) is 14.7. The minimum Gasteiger partial charge on any atom is -0.391 e. The first-order chi connectivity index (χ1) is 21.3. The molecule has 3 heterocycles. The number of hydrogen-bond acceptors (Lipinski definition) is 5. The van der Waals surface area contributed by atoms with Gasteiger partial charge in [-0.1, -0.05) is 79.9 Å². The van der Waals surface area contributed by atoms with Crippen molar-refractivity contribution in [3.05, 3.63) is 108 Å². The van der Waals surface area contributed by atoms with Crippen LogP contribution in [0.5, 0.6) is 0 Å². The van der Waals surface area contributed by atoms with Crippen LogP contribution in [0, 0.1) is 0 Å². The van der Waals surface area contributed by atoms with Gasteiger partial charge in [-0.2, -0.15) is 0 Å². The molecule has 10 heteroatoms. The number of nitrogens with zero attached hydrogens (tertiary/aromatic N) is 1. The lowest BCUT2D eigenvalue weighted by atomic mass is 9.98. The number of benzene rings is 2. The smallest absolute Gasteiger partial charge is 0.246 e. The van der Waals surface area contributed by atoms with Crippen molar-refractivity contribution in [3.8, 4) is 0 Å². The van der Waals surface area contributed by atoms with Gasteiger partial charge in [-0.15, -0.1) is 0 Å². The third-order valence-electron chi connectivity index (χ3n) is 8.18. The predicted octanol–water partition coefficient (Wildman–Crippen LogP) is 1.76. The van der Waals surface area contributed by atoms with Gasteiger partial charge in [0.15, 0.2) is 0 Å². The number of nitrogens with one attached hydrogen (secondary N) is 4. The Morgan fingerprint density at radius 1 is 0.750 bits per heavy atom. The summed E-state index contributed by atoms with van der Waals surface area (Å²) in [6.45, 7) is 7.63. The van der Waals surface area contributed by atoms with Crippen molar-refractivity contribution in [2.24, 2.45) is 0 Å². The third-order valence-corrected chi connectivity index (χ3v) is 8.18. The number of aromatic amines is 1. The van der Waals surface area contributed by atoms with Crippen molar-refractivity contribution < 1.29 is 24.3 Å².